The number of fused-ring (bicyclic) bond motifs is 1. The normalized spacial score (nSPS) is 11.9. The van der Waals surface area contributed by atoms with E-state index < -0.39 is 10.0 Å². The maximum atomic E-state index is 12.7. The number of ether oxygens (including phenoxy) is 1. The smallest absolute Gasteiger partial charge is 0.268 e. The number of hydrogen-bond acceptors (Lipinski definition) is 3. The van der Waals surface area contributed by atoms with Crippen molar-refractivity contribution in [3.05, 3.63) is 66.4 Å². The Balaban J connectivity index is 2.20. The highest BCUT2D eigenvalue weighted by Crippen LogP contribution is 2.25. The monoisotopic (exact) mass is 301 g/mol. The number of benzene rings is 2. The Morgan fingerprint density at radius 1 is 1.00 bits per heavy atom. The minimum atomic E-state index is -3.58. The molecule has 0 atom stereocenters. The predicted octanol–water partition coefficient (Wildman–Crippen LogP) is 3.02. The molecule has 0 bridgehead atoms. The van der Waals surface area contributed by atoms with Crippen LogP contribution in [-0.2, 0) is 21.4 Å². The molecule has 0 N–H and O–H groups in total. The summed E-state index contributed by atoms with van der Waals surface area (Å²) in [5.74, 6) is 0. The molecule has 0 saturated carbocycles. The highest BCUT2D eigenvalue weighted by molar-refractivity contribution is 7.90. The fraction of sp³-hybridized carbons (Fsp3) is 0.125. The van der Waals surface area contributed by atoms with Crippen LogP contribution in [0, 0.1) is 0 Å². The zero-order valence-electron chi connectivity index (χ0n) is 11.6. The van der Waals surface area contributed by atoms with E-state index in [9.17, 15) is 8.42 Å². The van der Waals surface area contributed by atoms with E-state index in [1.165, 1.54) is 3.97 Å². The van der Waals surface area contributed by atoms with Crippen molar-refractivity contribution in [2.45, 2.75) is 11.5 Å². The highest BCUT2D eigenvalue weighted by atomic mass is 32.2. The van der Waals surface area contributed by atoms with Crippen molar-refractivity contribution in [1.82, 2.24) is 3.97 Å². The van der Waals surface area contributed by atoms with E-state index in [0.717, 1.165) is 10.9 Å². The Bertz CT molecular complexity index is 867. The quantitative estimate of drug-likeness (QED) is 0.744. The van der Waals surface area contributed by atoms with Gasteiger partial charge >= 0.3 is 0 Å². The van der Waals surface area contributed by atoms with Crippen LogP contribution in [0.3, 0.4) is 0 Å². The fourth-order valence-electron chi connectivity index (χ4n) is 2.40. The Labute approximate surface area is 123 Å². The summed E-state index contributed by atoms with van der Waals surface area (Å²) in [5, 5.41) is 0.888. The van der Waals surface area contributed by atoms with Crippen molar-refractivity contribution in [3.8, 4) is 0 Å². The molecule has 0 aliphatic heterocycles. The van der Waals surface area contributed by atoms with Gasteiger partial charge in [-0.15, -0.1) is 0 Å². The van der Waals surface area contributed by atoms with Crippen LogP contribution in [0.15, 0.2) is 65.7 Å². The van der Waals surface area contributed by atoms with Crippen LogP contribution in [0.1, 0.15) is 5.56 Å². The first-order valence-electron chi connectivity index (χ1n) is 6.53. The molecule has 0 unspecified atom stereocenters. The summed E-state index contributed by atoms with van der Waals surface area (Å²) in [7, 11) is -1.96. The first kappa shape index (κ1) is 13.9. The number of hydrogen-bond donors (Lipinski definition) is 0. The summed E-state index contributed by atoms with van der Waals surface area (Å²) >= 11 is 0. The van der Waals surface area contributed by atoms with E-state index in [4.69, 9.17) is 4.74 Å². The largest absolute Gasteiger partial charge is 0.380 e. The predicted molar refractivity (Wildman–Crippen MR) is 81.7 cm³/mol. The lowest BCUT2D eigenvalue weighted by Gasteiger charge is -2.08. The van der Waals surface area contributed by atoms with Gasteiger partial charge in [-0.1, -0.05) is 30.3 Å². The van der Waals surface area contributed by atoms with Crippen LogP contribution in [0.4, 0.5) is 0 Å². The van der Waals surface area contributed by atoms with Crippen LogP contribution in [0.2, 0.25) is 0 Å². The van der Waals surface area contributed by atoms with Gasteiger partial charge in [0.2, 0.25) is 0 Å². The highest BCUT2D eigenvalue weighted by Gasteiger charge is 2.19. The number of nitrogens with zero attached hydrogens (tertiary/aromatic N) is 1. The van der Waals surface area contributed by atoms with Crippen molar-refractivity contribution in [1.29, 1.82) is 0 Å². The maximum absolute atomic E-state index is 12.7. The molecule has 3 aromatic rings. The third-order valence-electron chi connectivity index (χ3n) is 3.39. The molecule has 108 valence electrons. The Morgan fingerprint density at radius 2 is 1.76 bits per heavy atom. The Morgan fingerprint density at radius 3 is 2.48 bits per heavy atom. The van der Waals surface area contributed by atoms with Crippen molar-refractivity contribution in [2.24, 2.45) is 0 Å². The second-order valence-corrected chi connectivity index (χ2v) is 6.53. The molecule has 1 heterocycles. The van der Waals surface area contributed by atoms with Gasteiger partial charge in [-0.25, -0.2) is 12.4 Å². The number of rotatable bonds is 4. The average molecular weight is 301 g/mol. The van der Waals surface area contributed by atoms with Crippen LogP contribution in [-0.4, -0.2) is 19.5 Å². The van der Waals surface area contributed by atoms with Gasteiger partial charge in [0.1, 0.15) is 0 Å². The van der Waals surface area contributed by atoms with Gasteiger partial charge in [-0.3, -0.25) is 0 Å². The average Bonchev–Trinajstić information content (AvgIpc) is 2.94. The number of methoxy groups -OCH3 is 1. The van der Waals surface area contributed by atoms with Gasteiger partial charge in [-0.2, -0.15) is 0 Å². The lowest BCUT2D eigenvalue weighted by Crippen LogP contribution is -2.11. The topological polar surface area (TPSA) is 48.3 Å². The zero-order chi connectivity index (χ0) is 14.9. The molecule has 0 amide bonds. The molecular weight excluding hydrogens is 286 g/mol. The second kappa shape index (κ2) is 5.35. The van der Waals surface area contributed by atoms with Gasteiger partial charge in [0, 0.05) is 18.7 Å². The van der Waals surface area contributed by atoms with Gasteiger partial charge in [-0.05, 0) is 29.8 Å². The molecule has 0 spiro atoms. The second-order valence-electron chi connectivity index (χ2n) is 4.71. The van der Waals surface area contributed by atoms with Crippen LogP contribution in [0.5, 0.6) is 0 Å². The van der Waals surface area contributed by atoms with Crippen molar-refractivity contribution in [3.63, 3.8) is 0 Å². The van der Waals surface area contributed by atoms with Gasteiger partial charge < -0.3 is 4.74 Å². The minimum Gasteiger partial charge on any atom is -0.380 e. The van der Waals surface area contributed by atoms with Gasteiger partial charge in [0.25, 0.3) is 10.0 Å². The van der Waals surface area contributed by atoms with Crippen LogP contribution >= 0.6 is 0 Å². The zero-order valence-corrected chi connectivity index (χ0v) is 12.4. The lowest BCUT2D eigenvalue weighted by atomic mass is 10.1. The third kappa shape index (κ3) is 2.34. The molecule has 0 saturated heterocycles. The molecule has 0 aliphatic carbocycles. The standard InChI is InChI=1S/C16H15NO3S/c1-20-12-13-6-5-9-16-15(13)10-11-17(16)21(18,19)14-7-3-2-4-8-14/h2-11H,12H2,1H3. The molecular formula is C16H15NO3S. The Kier molecular flexibility index (Phi) is 3.53. The van der Waals surface area contributed by atoms with E-state index in [0.29, 0.717) is 12.1 Å². The number of aromatic nitrogens is 1. The summed E-state index contributed by atoms with van der Waals surface area (Å²) in [6.07, 6.45) is 1.59. The molecule has 4 nitrogen and oxygen atoms in total. The first-order chi connectivity index (χ1) is 10.1. The van der Waals surface area contributed by atoms with Crippen molar-refractivity contribution < 1.29 is 13.2 Å². The van der Waals surface area contributed by atoms with Crippen LogP contribution < -0.4 is 0 Å². The van der Waals surface area contributed by atoms with Crippen molar-refractivity contribution in [2.75, 3.05) is 7.11 Å². The maximum Gasteiger partial charge on any atom is 0.268 e. The molecule has 2 aromatic carbocycles. The summed E-state index contributed by atoms with van der Waals surface area (Å²) in [5.41, 5.74) is 1.63. The summed E-state index contributed by atoms with van der Waals surface area (Å²) in [6.45, 7) is 0.451. The summed E-state index contributed by atoms with van der Waals surface area (Å²) in [4.78, 5) is 0.277. The molecule has 0 radical (unpaired) electrons. The summed E-state index contributed by atoms with van der Waals surface area (Å²) in [6, 6.07) is 15.8. The van der Waals surface area contributed by atoms with Gasteiger partial charge in [0.05, 0.1) is 17.0 Å². The molecule has 0 aliphatic rings. The summed E-state index contributed by atoms with van der Waals surface area (Å²) < 4.78 is 31.9. The molecule has 1 aromatic heterocycles. The third-order valence-corrected chi connectivity index (χ3v) is 5.09. The van der Waals surface area contributed by atoms with E-state index >= 15 is 0 Å². The minimum absolute atomic E-state index is 0.277. The van der Waals surface area contributed by atoms with E-state index in [2.05, 4.69) is 0 Å². The SMILES string of the molecule is COCc1cccc2c1ccn2S(=O)(=O)c1ccccc1. The van der Waals surface area contributed by atoms with E-state index in [1.807, 2.05) is 18.2 Å². The van der Waals surface area contributed by atoms with Crippen molar-refractivity contribution >= 4 is 20.9 Å². The molecule has 5 heteroatoms. The molecule has 0 fully saturated rings. The lowest BCUT2D eigenvalue weighted by molar-refractivity contribution is 0.186. The van der Waals surface area contributed by atoms with Crippen LogP contribution in [0.25, 0.3) is 10.9 Å². The van der Waals surface area contributed by atoms with E-state index in [1.54, 1.807) is 49.7 Å². The molecule has 3 rings (SSSR count). The van der Waals surface area contributed by atoms with E-state index in [-0.39, 0.29) is 4.90 Å². The van der Waals surface area contributed by atoms with Gasteiger partial charge in [0.15, 0.2) is 0 Å². The first-order valence-corrected chi connectivity index (χ1v) is 7.97. The Hall–Kier alpha value is -2.11. The molecule has 21 heavy (non-hydrogen) atoms. The fourth-order valence-corrected chi connectivity index (χ4v) is 3.77.